The van der Waals surface area contributed by atoms with E-state index in [-0.39, 0.29) is 28.6 Å². The van der Waals surface area contributed by atoms with E-state index in [0.717, 1.165) is 38.1 Å². The van der Waals surface area contributed by atoms with Crippen molar-refractivity contribution >= 4 is 40.0 Å². The normalized spacial score (nSPS) is 14.8. The molecule has 3 heterocycles. The van der Waals surface area contributed by atoms with E-state index >= 15 is 0 Å². The van der Waals surface area contributed by atoms with Gasteiger partial charge in [-0.05, 0) is 81.2 Å². The molecule has 0 saturated carbocycles. The number of halogens is 5. The molecule has 1 fully saturated rings. The number of piperidine rings is 1. The first-order chi connectivity index (χ1) is 19.1. The van der Waals surface area contributed by atoms with E-state index in [1.807, 2.05) is 7.05 Å². The second-order valence-electron chi connectivity index (χ2n) is 9.81. The van der Waals surface area contributed by atoms with Gasteiger partial charge in [0.2, 0.25) is 0 Å². The van der Waals surface area contributed by atoms with Crippen LogP contribution < -0.4 is 15.4 Å². The number of nitrogens with one attached hydrogen (secondary N) is 3. The Morgan fingerprint density at radius 1 is 1.15 bits per heavy atom. The van der Waals surface area contributed by atoms with Gasteiger partial charge in [-0.3, -0.25) is 0 Å². The lowest BCUT2D eigenvalue weighted by Gasteiger charge is -2.29. The van der Waals surface area contributed by atoms with E-state index < -0.39 is 23.6 Å². The maximum atomic E-state index is 14.8. The Morgan fingerprint density at radius 3 is 2.65 bits per heavy atom. The molecule has 2 amide bonds. The summed E-state index contributed by atoms with van der Waals surface area (Å²) >= 11 is 6.17. The van der Waals surface area contributed by atoms with Crippen LogP contribution >= 0.6 is 11.6 Å². The van der Waals surface area contributed by atoms with Crippen LogP contribution in [0.3, 0.4) is 0 Å². The number of H-pyrrole nitrogens is 1. The van der Waals surface area contributed by atoms with Crippen molar-refractivity contribution in [1.82, 2.24) is 14.9 Å². The van der Waals surface area contributed by atoms with Crippen LogP contribution in [0.15, 0.2) is 54.9 Å². The summed E-state index contributed by atoms with van der Waals surface area (Å²) < 4.78 is 62.1. The van der Waals surface area contributed by atoms with Crippen molar-refractivity contribution in [2.75, 3.05) is 30.8 Å². The largest absolute Gasteiger partial charge is 0.456 e. The van der Waals surface area contributed by atoms with Crippen LogP contribution in [0.5, 0.6) is 11.5 Å². The Bertz CT molecular complexity index is 1530. The van der Waals surface area contributed by atoms with Crippen LogP contribution in [0.1, 0.15) is 24.0 Å². The van der Waals surface area contributed by atoms with Crippen molar-refractivity contribution in [1.29, 1.82) is 0 Å². The number of benzene rings is 2. The van der Waals surface area contributed by atoms with E-state index in [0.29, 0.717) is 28.2 Å². The van der Waals surface area contributed by atoms with Gasteiger partial charge in [-0.25, -0.2) is 14.2 Å². The molecule has 0 bridgehead atoms. The molecular weight excluding hydrogens is 550 g/mol. The number of nitrogens with zero attached hydrogens (tertiary/aromatic N) is 2. The zero-order chi connectivity index (χ0) is 28.4. The summed E-state index contributed by atoms with van der Waals surface area (Å²) in [4.78, 5) is 21.7. The molecule has 40 heavy (non-hydrogen) atoms. The van der Waals surface area contributed by atoms with Crippen molar-refractivity contribution in [2.24, 2.45) is 5.92 Å². The number of alkyl halides is 3. The van der Waals surface area contributed by atoms with Crippen LogP contribution in [-0.4, -0.2) is 41.0 Å². The summed E-state index contributed by atoms with van der Waals surface area (Å²) in [6.45, 7) is 1.70. The van der Waals surface area contributed by atoms with Crippen molar-refractivity contribution in [3.8, 4) is 11.5 Å². The Balaban J connectivity index is 1.26. The third-order valence-electron chi connectivity index (χ3n) is 6.92. The van der Waals surface area contributed by atoms with Crippen LogP contribution in [0.2, 0.25) is 5.02 Å². The molecule has 0 radical (unpaired) electrons. The first kappa shape index (κ1) is 27.7. The van der Waals surface area contributed by atoms with Gasteiger partial charge in [0.15, 0.2) is 0 Å². The number of carbonyl (C=O) groups is 1. The number of rotatable bonds is 6. The monoisotopic (exact) mass is 575 g/mol. The van der Waals surface area contributed by atoms with Crippen molar-refractivity contribution in [2.45, 2.75) is 25.4 Å². The van der Waals surface area contributed by atoms with Crippen LogP contribution in [-0.2, 0) is 12.6 Å². The van der Waals surface area contributed by atoms with Gasteiger partial charge in [0.05, 0.1) is 21.7 Å². The summed E-state index contributed by atoms with van der Waals surface area (Å²) in [5, 5.41) is 5.60. The first-order valence-electron chi connectivity index (χ1n) is 12.6. The number of ether oxygens (including phenoxy) is 1. The topological polar surface area (TPSA) is 82.3 Å². The highest BCUT2D eigenvalue weighted by molar-refractivity contribution is 6.36. The lowest BCUT2D eigenvalue weighted by atomic mass is 9.88. The Morgan fingerprint density at radius 2 is 1.93 bits per heavy atom. The number of aromatic amines is 1. The maximum Gasteiger partial charge on any atom is 0.416 e. The average molecular weight is 576 g/mol. The van der Waals surface area contributed by atoms with E-state index in [1.54, 1.807) is 12.3 Å². The summed E-state index contributed by atoms with van der Waals surface area (Å²) in [6, 6.07) is 8.22. The predicted molar refractivity (Wildman–Crippen MR) is 146 cm³/mol. The fraction of sp³-hybridized carbons (Fsp3) is 0.286. The summed E-state index contributed by atoms with van der Waals surface area (Å²) in [7, 11) is 2.00. The molecular formula is C28H26ClF4N5O2. The lowest BCUT2D eigenvalue weighted by molar-refractivity contribution is -0.138. The van der Waals surface area contributed by atoms with Crippen molar-refractivity contribution in [3.05, 3.63) is 76.8 Å². The molecule has 4 aromatic rings. The fourth-order valence-electron chi connectivity index (χ4n) is 4.82. The molecule has 12 heteroatoms. The van der Waals surface area contributed by atoms with E-state index in [9.17, 15) is 22.4 Å². The van der Waals surface area contributed by atoms with Gasteiger partial charge in [-0.1, -0.05) is 17.7 Å². The second-order valence-corrected chi connectivity index (χ2v) is 10.2. The third kappa shape index (κ3) is 6.31. The summed E-state index contributed by atoms with van der Waals surface area (Å²) in [5.41, 5.74) is -0.324. The minimum atomic E-state index is -4.58. The molecule has 210 valence electrons. The maximum absolute atomic E-state index is 14.8. The molecule has 0 atom stereocenters. The number of carbonyl (C=O) groups excluding carboxylic acids is 1. The molecule has 2 aromatic carbocycles. The number of urea groups is 1. The van der Waals surface area contributed by atoms with Gasteiger partial charge < -0.3 is 25.3 Å². The van der Waals surface area contributed by atoms with Gasteiger partial charge >= 0.3 is 12.2 Å². The zero-order valence-electron chi connectivity index (χ0n) is 21.4. The number of hydrogen-bond donors (Lipinski definition) is 3. The van der Waals surface area contributed by atoms with Crippen molar-refractivity contribution in [3.63, 3.8) is 0 Å². The fourth-order valence-corrected chi connectivity index (χ4v) is 5.06. The third-order valence-corrected chi connectivity index (χ3v) is 7.22. The molecule has 1 aliphatic heterocycles. The van der Waals surface area contributed by atoms with Gasteiger partial charge in [0.1, 0.15) is 23.0 Å². The van der Waals surface area contributed by atoms with Gasteiger partial charge in [-0.15, -0.1) is 0 Å². The molecule has 2 aromatic heterocycles. The van der Waals surface area contributed by atoms with Crippen LogP contribution in [0.25, 0.3) is 11.0 Å². The number of aromatic nitrogens is 2. The number of fused-ring (bicyclic) bond motifs is 1. The number of hydrogen-bond acceptors (Lipinski definition) is 4. The average Bonchev–Trinajstić information content (AvgIpc) is 3.29. The number of amides is 2. The first-order valence-corrected chi connectivity index (χ1v) is 13.0. The van der Waals surface area contributed by atoms with E-state index in [1.165, 1.54) is 30.5 Å². The molecule has 0 spiro atoms. The summed E-state index contributed by atoms with van der Waals surface area (Å²) in [5.74, 6) is -0.140. The quantitative estimate of drug-likeness (QED) is 0.206. The Hall–Kier alpha value is -3.83. The molecule has 0 aliphatic carbocycles. The zero-order valence-corrected chi connectivity index (χ0v) is 22.2. The number of anilines is 2. The summed E-state index contributed by atoms with van der Waals surface area (Å²) in [6.07, 6.45) is 0.459. The Labute approximate surface area is 232 Å². The predicted octanol–water partition coefficient (Wildman–Crippen LogP) is 7.69. The number of pyridine rings is 1. The highest BCUT2D eigenvalue weighted by atomic mass is 35.5. The minimum Gasteiger partial charge on any atom is -0.456 e. The minimum absolute atomic E-state index is 0.0533. The molecule has 5 rings (SSSR count). The van der Waals surface area contributed by atoms with Crippen LogP contribution in [0, 0.1) is 11.7 Å². The molecule has 1 saturated heterocycles. The van der Waals surface area contributed by atoms with Gasteiger partial charge in [0.25, 0.3) is 0 Å². The van der Waals surface area contributed by atoms with Gasteiger partial charge in [-0.2, -0.15) is 13.2 Å². The highest BCUT2D eigenvalue weighted by Gasteiger charge is 2.34. The molecule has 1 aliphatic rings. The number of likely N-dealkylation sites (tertiary alicyclic amines) is 1. The van der Waals surface area contributed by atoms with Crippen molar-refractivity contribution < 1.29 is 27.1 Å². The molecule has 0 unspecified atom stereocenters. The van der Waals surface area contributed by atoms with E-state index in [2.05, 4.69) is 25.5 Å². The highest BCUT2D eigenvalue weighted by Crippen LogP contribution is 2.37. The SMILES string of the molecule is CN1CCC(Cc2ccc(NC(=O)Nc3ccc(Oc4ccnc5[nH]cc(Cl)c45)cc3F)cc2C(F)(F)F)CC1. The van der Waals surface area contributed by atoms with Gasteiger partial charge in [0, 0.05) is 24.1 Å². The standard InChI is InChI=1S/C28H26ClF4N5O2/c1-38-10-7-16(8-11-38)12-17-2-3-18(13-20(17)28(31,32)33)36-27(39)37-23-5-4-19(14-22(23)30)40-24-6-9-34-26-25(24)21(29)15-35-26/h2-6,9,13-16H,7-8,10-12H2,1H3,(H,34,35)(H2,36,37,39). The molecule has 3 N–H and O–H groups in total. The Kier molecular flexibility index (Phi) is 7.86. The van der Waals surface area contributed by atoms with E-state index in [4.69, 9.17) is 16.3 Å². The van der Waals surface area contributed by atoms with Crippen LogP contribution in [0.4, 0.5) is 33.7 Å². The lowest BCUT2D eigenvalue weighted by Crippen LogP contribution is -2.31. The molecule has 7 nitrogen and oxygen atoms in total. The smallest absolute Gasteiger partial charge is 0.416 e. The second kappa shape index (κ2) is 11.3.